The van der Waals surface area contributed by atoms with Crippen LogP contribution in [0.25, 0.3) is 66.1 Å². The van der Waals surface area contributed by atoms with Gasteiger partial charge >= 0.3 is 5.97 Å². The molecule has 15 heteroatoms. The summed E-state index contributed by atoms with van der Waals surface area (Å²) in [7, 11) is 7.17. The summed E-state index contributed by atoms with van der Waals surface area (Å²) in [6.45, 7) is 0. The lowest BCUT2D eigenvalue weighted by Crippen LogP contribution is -2.13. The van der Waals surface area contributed by atoms with Crippen molar-refractivity contribution in [3.8, 4) is 34.0 Å². The molecule has 67 heavy (non-hydrogen) atoms. The summed E-state index contributed by atoms with van der Waals surface area (Å²) in [5.41, 5.74) is 14.3. The second-order valence-corrected chi connectivity index (χ2v) is 18.7. The van der Waals surface area contributed by atoms with Crippen LogP contribution in [0.1, 0.15) is 20.7 Å². The van der Waals surface area contributed by atoms with Crippen molar-refractivity contribution in [1.29, 1.82) is 0 Å². The van der Waals surface area contributed by atoms with Crippen molar-refractivity contribution in [3.05, 3.63) is 174 Å². The average Bonchev–Trinajstić information content (AvgIpc) is 3.83. The number of aryl methyl sites for hydroxylation is 2. The van der Waals surface area contributed by atoms with Crippen LogP contribution >= 0.6 is 68.4 Å². The fourth-order valence-corrected chi connectivity index (χ4v) is 8.98. The molecule has 0 saturated heterocycles. The van der Waals surface area contributed by atoms with Crippen molar-refractivity contribution in [2.45, 2.75) is 0 Å². The van der Waals surface area contributed by atoms with E-state index in [-0.39, 0.29) is 11.5 Å². The molecule has 0 fully saturated rings. The van der Waals surface area contributed by atoms with Crippen molar-refractivity contribution in [2.24, 2.45) is 14.1 Å². The molecular weight excluding hydrogens is 1110 g/mol. The van der Waals surface area contributed by atoms with Gasteiger partial charge in [0.05, 0.1) is 47.8 Å². The van der Waals surface area contributed by atoms with Crippen LogP contribution in [0.5, 0.6) is 11.5 Å². The number of aromatic carboxylic acids is 1. The number of nitrogens with one attached hydrogen (secondary N) is 1. The highest BCUT2D eigenvalue weighted by molar-refractivity contribution is 14.1. The fraction of sp³-hybridized carbons (Fsp3) is 0.0769. The number of hydrogen-bond acceptors (Lipinski definition) is 7. The third kappa shape index (κ3) is 10.4. The molecule has 11 nitrogen and oxygen atoms in total. The third-order valence-corrected chi connectivity index (χ3v) is 12.7. The van der Waals surface area contributed by atoms with E-state index in [0.717, 1.165) is 73.9 Å². The maximum absolute atomic E-state index is 13.4. The topological polar surface area (TPSA) is 147 Å². The Morgan fingerprint density at radius 2 is 1.04 bits per heavy atom. The second kappa shape index (κ2) is 20.2. The van der Waals surface area contributed by atoms with Crippen molar-refractivity contribution in [3.63, 3.8) is 0 Å². The van der Waals surface area contributed by atoms with Gasteiger partial charge in [-0.05, 0) is 179 Å². The average molecular weight is 1150 g/mol. The number of rotatable bonds is 7. The number of carboxylic acids is 1. The maximum atomic E-state index is 13.4. The predicted molar refractivity (Wildman–Crippen MR) is 288 cm³/mol. The molecule has 10 aromatic rings. The van der Waals surface area contributed by atoms with Crippen LogP contribution in [0.15, 0.2) is 146 Å². The second-order valence-electron chi connectivity index (χ2n) is 15.3. The summed E-state index contributed by atoms with van der Waals surface area (Å²) in [5.74, 6) is 0.404. The smallest absolute Gasteiger partial charge is 0.336 e. The molecule has 0 aliphatic carbocycles. The number of nitrogen functional groups attached to an aromatic ring is 1. The van der Waals surface area contributed by atoms with Gasteiger partial charge in [0.15, 0.2) is 0 Å². The van der Waals surface area contributed by atoms with E-state index in [1.165, 1.54) is 0 Å². The molecule has 0 unspecified atom stereocenters. The summed E-state index contributed by atoms with van der Waals surface area (Å²) in [4.78, 5) is 34.8. The van der Waals surface area contributed by atoms with Gasteiger partial charge in [-0.3, -0.25) is 4.79 Å². The Bertz CT molecular complexity index is 3500. The van der Waals surface area contributed by atoms with Gasteiger partial charge in [-0.1, -0.05) is 23.2 Å². The standard InChI is InChI=1S/C26H19ClIN3O2.C19H12ClIN2O2.C7H9NO/c1-31-14-22(20-11-15(27)3-10-25(20)31)24-13-21(19-12-16(28)4-9-23(19)30-24)26(32)29-17-5-7-18(33-2)8-6-17;1-23-9-15(13-6-10(20)2-5-18(13)23)17-8-14(19(24)25)12-7-11(21)3-4-16(12)22-17;1-9-7-4-2-6(8)3-5-7/h3-14H,1-2H3,(H,29,32);2-9H,1H3,(H,24,25);2-5H,8H2,1H3. The molecule has 0 aliphatic rings. The quantitative estimate of drug-likeness (QED) is 0.106. The summed E-state index contributed by atoms with van der Waals surface area (Å²) in [6, 6.07) is 41.0. The Morgan fingerprint density at radius 1 is 0.597 bits per heavy atom. The molecule has 0 aliphatic heterocycles. The van der Waals surface area contributed by atoms with Crippen molar-refractivity contribution in [2.75, 3.05) is 25.3 Å². The van der Waals surface area contributed by atoms with Crippen molar-refractivity contribution < 1.29 is 24.2 Å². The molecule has 4 heterocycles. The van der Waals surface area contributed by atoms with E-state index in [2.05, 4.69) is 50.5 Å². The first-order valence-corrected chi connectivity index (χ1v) is 23.4. The van der Waals surface area contributed by atoms with Crippen LogP contribution in [0.2, 0.25) is 10.0 Å². The van der Waals surface area contributed by atoms with Crippen LogP contribution in [0, 0.1) is 7.14 Å². The molecule has 4 N–H and O–H groups in total. The van der Waals surface area contributed by atoms with E-state index in [0.29, 0.717) is 37.9 Å². The summed E-state index contributed by atoms with van der Waals surface area (Å²) in [5, 5.41) is 17.3. The Hall–Kier alpha value is -6.40. The van der Waals surface area contributed by atoms with E-state index in [1.54, 1.807) is 32.4 Å². The number of halogens is 4. The zero-order valence-corrected chi connectivity index (χ0v) is 42.1. The number of hydrogen-bond donors (Lipinski definition) is 3. The van der Waals surface area contributed by atoms with E-state index in [4.69, 9.17) is 48.4 Å². The molecule has 10 rings (SSSR count). The number of pyridine rings is 2. The van der Waals surface area contributed by atoms with E-state index >= 15 is 0 Å². The highest BCUT2D eigenvalue weighted by Crippen LogP contribution is 2.36. The molecule has 336 valence electrons. The first-order chi connectivity index (χ1) is 32.2. The summed E-state index contributed by atoms with van der Waals surface area (Å²) < 4.78 is 16.2. The minimum absolute atomic E-state index is 0.200. The van der Waals surface area contributed by atoms with Gasteiger partial charge in [0.2, 0.25) is 0 Å². The van der Waals surface area contributed by atoms with Crippen LogP contribution in [0.4, 0.5) is 11.4 Å². The minimum Gasteiger partial charge on any atom is -0.497 e. The van der Waals surface area contributed by atoms with Crippen molar-refractivity contribution >= 4 is 135 Å². The number of amides is 1. The van der Waals surface area contributed by atoms with E-state index < -0.39 is 5.97 Å². The lowest BCUT2D eigenvalue weighted by molar-refractivity contribution is 0.0698. The number of benzene rings is 6. The number of nitrogens with two attached hydrogens (primary N) is 1. The van der Waals surface area contributed by atoms with Crippen molar-refractivity contribution in [1.82, 2.24) is 19.1 Å². The van der Waals surface area contributed by atoms with Crippen LogP contribution in [-0.2, 0) is 14.1 Å². The van der Waals surface area contributed by atoms with Gasteiger partial charge in [0, 0.05) is 98.8 Å². The Morgan fingerprint density at radius 3 is 1.51 bits per heavy atom. The van der Waals surface area contributed by atoms with Crippen LogP contribution in [0.3, 0.4) is 0 Å². The van der Waals surface area contributed by atoms with Gasteiger partial charge in [-0.15, -0.1) is 0 Å². The van der Waals surface area contributed by atoms with Gasteiger partial charge in [0.1, 0.15) is 11.5 Å². The van der Waals surface area contributed by atoms with Crippen LogP contribution < -0.4 is 20.5 Å². The normalized spacial score (nSPS) is 10.9. The number of carbonyl (C=O) groups is 2. The monoisotopic (exact) mass is 1150 g/mol. The lowest BCUT2D eigenvalue weighted by Gasteiger charge is -2.11. The fourth-order valence-electron chi connectivity index (χ4n) is 7.65. The highest BCUT2D eigenvalue weighted by Gasteiger charge is 2.19. The molecule has 0 spiro atoms. The lowest BCUT2D eigenvalue weighted by atomic mass is 10.0. The third-order valence-electron chi connectivity index (χ3n) is 10.9. The Balaban J connectivity index is 0.000000157. The molecule has 6 aromatic carbocycles. The van der Waals surface area contributed by atoms with Gasteiger partial charge < -0.3 is 34.8 Å². The number of fused-ring (bicyclic) bond motifs is 4. The number of anilines is 2. The van der Waals surface area contributed by atoms with Gasteiger partial charge in [-0.25, -0.2) is 14.8 Å². The first-order valence-electron chi connectivity index (χ1n) is 20.5. The Labute approximate surface area is 422 Å². The molecule has 0 bridgehead atoms. The van der Waals surface area contributed by atoms with Gasteiger partial charge in [-0.2, -0.15) is 0 Å². The zero-order valence-electron chi connectivity index (χ0n) is 36.3. The zero-order chi connectivity index (χ0) is 47.5. The number of ether oxygens (including phenoxy) is 2. The number of methoxy groups -OCH3 is 2. The largest absolute Gasteiger partial charge is 0.497 e. The minimum atomic E-state index is -0.964. The molecular formula is C52H40Cl2I2N6O5. The first kappa shape index (κ1) is 47.1. The number of carbonyl (C=O) groups excluding carboxylic acids is 1. The molecule has 0 radical (unpaired) electrons. The number of carboxylic acid groups (broad SMARTS) is 1. The molecule has 4 aromatic heterocycles. The SMILES string of the molecule is COc1ccc(N)cc1.COc1ccc(NC(=O)c2cc(-c3cn(C)c4ccc(Cl)cc34)nc3ccc(I)cc23)cc1.Cn1cc(-c2cc(C(=O)O)c3cc(I)ccc3n2)c2cc(Cl)ccc21. The van der Waals surface area contributed by atoms with E-state index in [1.807, 2.05) is 151 Å². The Kier molecular flexibility index (Phi) is 14.2. The molecule has 0 atom stereocenters. The summed E-state index contributed by atoms with van der Waals surface area (Å²) >= 11 is 16.9. The van der Waals surface area contributed by atoms with E-state index in [9.17, 15) is 14.7 Å². The summed E-state index contributed by atoms with van der Waals surface area (Å²) in [6.07, 6.45) is 3.97. The maximum Gasteiger partial charge on any atom is 0.336 e. The molecule has 0 saturated carbocycles. The number of aromatic nitrogens is 4. The predicted octanol–water partition coefficient (Wildman–Crippen LogP) is 13.5. The van der Waals surface area contributed by atoms with Crippen LogP contribution in [-0.4, -0.2) is 50.3 Å². The molecule has 1 amide bonds. The number of nitrogens with zero attached hydrogens (tertiary/aromatic N) is 4. The van der Waals surface area contributed by atoms with Gasteiger partial charge in [0.25, 0.3) is 5.91 Å². The highest BCUT2D eigenvalue weighted by atomic mass is 127.